The Bertz CT molecular complexity index is 1180. The van der Waals surface area contributed by atoms with Gasteiger partial charge in [-0.2, -0.15) is 23.4 Å². The number of halogens is 3. The van der Waals surface area contributed by atoms with Crippen LogP contribution in [0.1, 0.15) is 62.5 Å². The van der Waals surface area contributed by atoms with Gasteiger partial charge in [-0.1, -0.05) is 6.07 Å². The number of carbonyl (C=O) groups excluding carboxylic acids is 1. The van der Waals surface area contributed by atoms with Gasteiger partial charge in [0.25, 0.3) is 0 Å². The predicted octanol–water partition coefficient (Wildman–Crippen LogP) is 5.02. The molecule has 0 aliphatic heterocycles. The summed E-state index contributed by atoms with van der Waals surface area (Å²) in [6.45, 7) is 6.79. The molecule has 35 heavy (non-hydrogen) atoms. The minimum absolute atomic E-state index is 0.00675. The maximum absolute atomic E-state index is 13.2. The van der Waals surface area contributed by atoms with Gasteiger partial charge in [-0.15, -0.1) is 0 Å². The van der Waals surface area contributed by atoms with Crippen LogP contribution in [0.4, 0.5) is 18.9 Å². The van der Waals surface area contributed by atoms with Crippen LogP contribution in [-0.2, 0) is 17.5 Å². The van der Waals surface area contributed by atoms with Crippen LogP contribution in [-0.4, -0.2) is 38.7 Å². The van der Waals surface area contributed by atoms with Crippen LogP contribution in [0.25, 0.3) is 0 Å². The highest BCUT2D eigenvalue weighted by Crippen LogP contribution is 2.43. The fourth-order valence-electron chi connectivity index (χ4n) is 3.79. The van der Waals surface area contributed by atoms with E-state index in [-0.39, 0.29) is 5.92 Å². The fraction of sp³-hybridized carbons (Fsp3) is 0.458. The van der Waals surface area contributed by atoms with Crippen molar-refractivity contribution in [3.63, 3.8) is 0 Å². The van der Waals surface area contributed by atoms with Crippen LogP contribution in [0.2, 0.25) is 0 Å². The molecule has 0 bridgehead atoms. The topological polar surface area (TPSA) is 83.2 Å². The fourth-order valence-corrected chi connectivity index (χ4v) is 3.79. The van der Waals surface area contributed by atoms with E-state index in [4.69, 9.17) is 9.47 Å². The quantitative estimate of drug-likeness (QED) is 0.431. The largest absolute Gasteiger partial charge is 0.490 e. The van der Waals surface area contributed by atoms with Gasteiger partial charge in [-0.25, -0.2) is 0 Å². The Morgan fingerprint density at radius 2 is 1.89 bits per heavy atom. The van der Waals surface area contributed by atoms with Crippen LogP contribution in [0, 0.1) is 0 Å². The first kappa shape index (κ1) is 24.6. The zero-order valence-corrected chi connectivity index (χ0v) is 19.8. The van der Waals surface area contributed by atoms with Crippen molar-refractivity contribution in [3.8, 4) is 11.5 Å². The van der Waals surface area contributed by atoms with Crippen LogP contribution in [0.3, 0.4) is 0 Å². The molecule has 1 saturated carbocycles. The van der Waals surface area contributed by atoms with Crippen LogP contribution in [0.5, 0.6) is 11.5 Å². The molecule has 1 fully saturated rings. The number of nitrogens with one attached hydrogen (secondary N) is 1. The molecule has 2 aromatic heterocycles. The van der Waals surface area contributed by atoms with Gasteiger partial charge in [-0.3, -0.25) is 14.2 Å². The van der Waals surface area contributed by atoms with E-state index in [2.05, 4.69) is 15.5 Å². The molecular weight excluding hydrogens is 463 g/mol. The third-order valence-corrected chi connectivity index (χ3v) is 5.65. The average molecular weight is 492 g/mol. The number of benzene rings is 1. The van der Waals surface area contributed by atoms with Crippen molar-refractivity contribution in [2.24, 2.45) is 0 Å². The number of nitrogens with zero attached hydrogens (tertiary/aromatic N) is 4. The lowest BCUT2D eigenvalue weighted by Gasteiger charge is -2.15. The first-order valence-electron chi connectivity index (χ1n) is 11.6. The smallest absolute Gasteiger partial charge is 0.435 e. The highest BCUT2D eigenvalue weighted by molar-refractivity contribution is 5.93. The summed E-state index contributed by atoms with van der Waals surface area (Å²) in [5.74, 6) is 0.846. The van der Waals surface area contributed by atoms with Gasteiger partial charge in [0.2, 0.25) is 5.91 Å². The number of hydrogen-bond acceptors (Lipinski definition) is 5. The zero-order valence-electron chi connectivity index (χ0n) is 19.8. The Labute approximate surface area is 201 Å². The van der Waals surface area contributed by atoms with E-state index in [1.165, 1.54) is 17.8 Å². The molecule has 0 saturated heterocycles. The minimum Gasteiger partial charge on any atom is -0.490 e. The first-order valence-corrected chi connectivity index (χ1v) is 11.6. The van der Waals surface area contributed by atoms with E-state index in [9.17, 15) is 18.0 Å². The second-order valence-electron chi connectivity index (χ2n) is 8.41. The van der Waals surface area contributed by atoms with Crippen molar-refractivity contribution >= 4 is 11.6 Å². The third kappa shape index (κ3) is 5.77. The zero-order chi connectivity index (χ0) is 25.2. The van der Waals surface area contributed by atoms with Gasteiger partial charge in [-0.05, 0) is 57.4 Å². The summed E-state index contributed by atoms with van der Waals surface area (Å²) in [7, 11) is 0. The van der Waals surface area contributed by atoms with E-state index < -0.39 is 23.8 Å². The maximum Gasteiger partial charge on any atom is 0.435 e. The number of anilines is 1. The molecule has 0 radical (unpaired) electrons. The van der Waals surface area contributed by atoms with Crippen molar-refractivity contribution < 1.29 is 27.4 Å². The van der Waals surface area contributed by atoms with E-state index in [1.54, 1.807) is 10.9 Å². The molecule has 1 amide bonds. The van der Waals surface area contributed by atoms with Crippen LogP contribution < -0.4 is 14.8 Å². The van der Waals surface area contributed by atoms with E-state index >= 15 is 0 Å². The highest BCUT2D eigenvalue weighted by Gasteiger charge is 2.39. The first-order chi connectivity index (χ1) is 16.7. The van der Waals surface area contributed by atoms with Gasteiger partial charge in [0.1, 0.15) is 6.04 Å². The van der Waals surface area contributed by atoms with Crippen molar-refractivity contribution in [2.75, 3.05) is 18.5 Å². The summed E-state index contributed by atoms with van der Waals surface area (Å²) in [6, 6.07) is 5.77. The molecule has 11 heteroatoms. The summed E-state index contributed by atoms with van der Waals surface area (Å²) >= 11 is 0. The minimum atomic E-state index is -4.56. The van der Waals surface area contributed by atoms with Crippen LogP contribution >= 0.6 is 0 Å². The number of ether oxygens (including phenoxy) is 2. The monoisotopic (exact) mass is 491 g/mol. The molecule has 2 heterocycles. The molecule has 1 N–H and O–H groups in total. The lowest BCUT2D eigenvalue weighted by atomic mass is 10.2. The van der Waals surface area contributed by atoms with Crippen molar-refractivity contribution in [2.45, 2.75) is 58.3 Å². The summed E-state index contributed by atoms with van der Waals surface area (Å²) in [5.41, 5.74) is 0.829. The van der Waals surface area contributed by atoms with Gasteiger partial charge in [0.15, 0.2) is 17.2 Å². The van der Waals surface area contributed by atoms with Gasteiger partial charge in [0.05, 0.1) is 31.6 Å². The van der Waals surface area contributed by atoms with E-state index in [0.29, 0.717) is 42.6 Å². The Kier molecular flexibility index (Phi) is 7.04. The Balaban J connectivity index is 1.44. The molecule has 8 nitrogen and oxygen atoms in total. The molecular formula is C24H28F3N5O3. The number of rotatable bonds is 10. The Hall–Kier alpha value is -3.50. The van der Waals surface area contributed by atoms with Crippen molar-refractivity contribution in [1.29, 1.82) is 0 Å². The third-order valence-electron chi connectivity index (χ3n) is 5.65. The number of hydrogen-bond donors (Lipinski definition) is 1. The molecule has 1 atom stereocenters. The average Bonchev–Trinajstić information content (AvgIpc) is 3.39. The maximum atomic E-state index is 13.2. The molecule has 1 aromatic carbocycles. The second kappa shape index (κ2) is 10.0. The molecule has 3 aromatic rings. The summed E-state index contributed by atoms with van der Waals surface area (Å²) in [5, 5.41) is 10.7. The van der Waals surface area contributed by atoms with Gasteiger partial charge < -0.3 is 14.8 Å². The summed E-state index contributed by atoms with van der Waals surface area (Å²) in [6.07, 6.45) is 0.179. The number of alkyl halides is 3. The Morgan fingerprint density at radius 1 is 1.17 bits per heavy atom. The number of aromatic nitrogens is 4. The van der Waals surface area contributed by atoms with Gasteiger partial charge in [0, 0.05) is 17.8 Å². The molecule has 1 unspecified atom stereocenters. The number of carbonyl (C=O) groups is 1. The van der Waals surface area contributed by atoms with Crippen molar-refractivity contribution in [1.82, 2.24) is 19.6 Å². The molecule has 188 valence electrons. The predicted molar refractivity (Wildman–Crippen MR) is 123 cm³/mol. The lowest BCUT2D eigenvalue weighted by Crippen LogP contribution is -2.26. The standard InChI is InChI=1S/C24H28F3N5O3/c1-4-34-20-9-6-16(10-21(20)35-5-2)13-31-14-18(12-28-31)29-23(33)15(3)32-19(17-7-8-17)11-22(30-32)24(25,26)27/h6,9-12,14-15,17H,4-5,7-8,13H2,1-3H3,(H,29,33). The normalized spacial score (nSPS) is 14.6. The molecule has 1 aliphatic carbocycles. The second-order valence-corrected chi connectivity index (χ2v) is 8.41. The van der Waals surface area contributed by atoms with Gasteiger partial charge >= 0.3 is 6.18 Å². The van der Waals surface area contributed by atoms with Crippen molar-refractivity contribution in [3.05, 3.63) is 53.6 Å². The molecule has 0 spiro atoms. The summed E-state index contributed by atoms with van der Waals surface area (Å²) < 4.78 is 53.6. The lowest BCUT2D eigenvalue weighted by molar-refractivity contribution is -0.141. The van der Waals surface area contributed by atoms with E-state index in [0.717, 1.165) is 24.5 Å². The SMILES string of the molecule is CCOc1ccc(Cn2cc(NC(=O)C(C)n3nc(C(F)(F)F)cc3C3CC3)cn2)cc1OCC. The molecule has 1 aliphatic rings. The van der Waals surface area contributed by atoms with E-state index in [1.807, 2.05) is 32.0 Å². The molecule has 4 rings (SSSR count). The Morgan fingerprint density at radius 3 is 2.54 bits per heavy atom. The highest BCUT2D eigenvalue weighted by atomic mass is 19.4. The summed E-state index contributed by atoms with van der Waals surface area (Å²) in [4.78, 5) is 12.8. The van der Waals surface area contributed by atoms with Crippen LogP contribution in [0.15, 0.2) is 36.7 Å². The number of amides is 1.